The van der Waals surface area contributed by atoms with Crippen LogP contribution >= 0.6 is 0 Å². The van der Waals surface area contributed by atoms with Crippen molar-refractivity contribution in [3.8, 4) is 5.75 Å². The van der Waals surface area contributed by atoms with Crippen LogP contribution in [0, 0.1) is 0 Å². The number of hydrogen-bond donors (Lipinski definition) is 1. The van der Waals surface area contributed by atoms with E-state index < -0.39 is 0 Å². The lowest BCUT2D eigenvalue weighted by Gasteiger charge is -2.07. The molecule has 0 saturated heterocycles. The van der Waals surface area contributed by atoms with Gasteiger partial charge in [0.15, 0.2) is 16.8 Å². The van der Waals surface area contributed by atoms with E-state index in [0.717, 1.165) is 19.4 Å². The number of nitrogens with zero attached hydrogens (tertiary/aromatic N) is 2. The Hall–Kier alpha value is -1.82. The van der Waals surface area contributed by atoms with Crippen molar-refractivity contribution in [3.63, 3.8) is 0 Å². The predicted octanol–water partition coefficient (Wildman–Crippen LogP) is 2.00. The standard InChI is InChI=1S/C12H17N3O3/c1-2-3-6-16-7-8-17-10-5-4-9(13)11-12(10)15-18-14-11/h4-5H,2-3,6-8,13H2,1H3. The highest BCUT2D eigenvalue weighted by Crippen LogP contribution is 2.26. The van der Waals surface area contributed by atoms with Crippen LogP contribution in [-0.4, -0.2) is 30.1 Å². The Morgan fingerprint density at radius 2 is 2.00 bits per heavy atom. The predicted molar refractivity (Wildman–Crippen MR) is 67.4 cm³/mol. The van der Waals surface area contributed by atoms with Gasteiger partial charge in [0, 0.05) is 6.61 Å². The minimum atomic E-state index is 0.468. The van der Waals surface area contributed by atoms with E-state index in [-0.39, 0.29) is 0 Å². The second-order valence-electron chi connectivity index (χ2n) is 3.93. The normalized spacial score (nSPS) is 10.9. The average molecular weight is 251 g/mol. The molecular formula is C12H17N3O3. The van der Waals surface area contributed by atoms with Gasteiger partial charge in [0.25, 0.3) is 0 Å². The Bertz CT molecular complexity index is 498. The molecule has 0 aliphatic rings. The third-order valence-electron chi connectivity index (χ3n) is 2.54. The fourth-order valence-electron chi connectivity index (χ4n) is 1.54. The molecule has 18 heavy (non-hydrogen) atoms. The van der Waals surface area contributed by atoms with Crippen molar-refractivity contribution < 1.29 is 14.1 Å². The van der Waals surface area contributed by atoms with Crippen molar-refractivity contribution in [2.24, 2.45) is 0 Å². The van der Waals surface area contributed by atoms with E-state index in [1.807, 2.05) is 0 Å². The van der Waals surface area contributed by atoms with Crippen LogP contribution < -0.4 is 10.5 Å². The molecule has 1 aromatic heterocycles. The molecule has 6 nitrogen and oxygen atoms in total. The smallest absolute Gasteiger partial charge is 0.179 e. The van der Waals surface area contributed by atoms with Gasteiger partial charge in [0.1, 0.15) is 6.61 Å². The van der Waals surface area contributed by atoms with Gasteiger partial charge in [0.2, 0.25) is 0 Å². The molecule has 0 radical (unpaired) electrons. The number of benzene rings is 1. The van der Waals surface area contributed by atoms with Gasteiger partial charge >= 0.3 is 0 Å². The van der Waals surface area contributed by atoms with Crippen LogP contribution in [0.1, 0.15) is 19.8 Å². The molecule has 0 amide bonds. The van der Waals surface area contributed by atoms with E-state index in [1.54, 1.807) is 12.1 Å². The summed E-state index contributed by atoms with van der Waals surface area (Å²) in [6.45, 7) is 3.91. The summed E-state index contributed by atoms with van der Waals surface area (Å²) in [7, 11) is 0. The SMILES string of the molecule is CCCCOCCOc1ccc(N)c2nonc12. The first-order valence-corrected chi connectivity index (χ1v) is 6.04. The van der Waals surface area contributed by atoms with Gasteiger partial charge in [-0.05, 0) is 28.9 Å². The van der Waals surface area contributed by atoms with Crippen molar-refractivity contribution in [3.05, 3.63) is 12.1 Å². The highest BCUT2D eigenvalue weighted by Gasteiger charge is 2.10. The molecule has 1 aromatic carbocycles. The first-order chi connectivity index (χ1) is 8.83. The van der Waals surface area contributed by atoms with Gasteiger partial charge in [-0.1, -0.05) is 13.3 Å². The van der Waals surface area contributed by atoms with Gasteiger partial charge in [-0.15, -0.1) is 0 Å². The minimum Gasteiger partial charge on any atom is -0.489 e. The van der Waals surface area contributed by atoms with Crippen LogP contribution in [0.25, 0.3) is 11.0 Å². The van der Waals surface area contributed by atoms with E-state index in [4.69, 9.17) is 15.2 Å². The number of ether oxygens (including phenoxy) is 2. The summed E-state index contributed by atoms with van der Waals surface area (Å²) in [5, 5.41) is 7.50. The molecule has 0 aliphatic carbocycles. The molecule has 0 fully saturated rings. The van der Waals surface area contributed by atoms with E-state index in [9.17, 15) is 0 Å². The van der Waals surface area contributed by atoms with Crippen molar-refractivity contribution in [2.45, 2.75) is 19.8 Å². The lowest BCUT2D eigenvalue weighted by atomic mass is 10.2. The number of nitrogen functional groups attached to an aromatic ring is 1. The number of rotatable bonds is 7. The average Bonchev–Trinajstić information content (AvgIpc) is 2.86. The summed E-state index contributed by atoms with van der Waals surface area (Å²) < 4.78 is 15.6. The van der Waals surface area contributed by atoms with Crippen molar-refractivity contribution in [1.29, 1.82) is 0 Å². The summed E-state index contributed by atoms with van der Waals surface area (Å²) in [5.41, 5.74) is 7.33. The van der Waals surface area contributed by atoms with E-state index >= 15 is 0 Å². The fraction of sp³-hybridized carbons (Fsp3) is 0.500. The van der Waals surface area contributed by atoms with Crippen LogP contribution in [0.5, 0.6) is 5.75 Å². The molecule has 0 spiro atoms. The molecule has 2 N–H and O–H groups in total. The molecule has 98 valence electrons. The zero-order valence-corrected chi connectivity index (χ0v) is 10.4. The second kappa shape index (κ2) is 6.20. The van der Waals surface area contributed by atoms with Crippen LogP contribution in [0.15, 0.2) is 16.8 Å². The van der Waals surface area contributed by atoms with E-state index in [1.165, 1.54) is 0 Å². The highest BCUT2D eigenvalue weighted by molar-refractivity contribution is 5.90. The zero-order chi connectivity index (χ0) is 12.8. The van der Waals surface area contributed by atoms with Crippen LogP contribution in [0.4, 0.5) is 5.69 Å². The number of nitrogens with two attached hydrogens (primary N) is 1. The number of fused-ring (bicyclic) bond motifs is 1. The molecule has 6 heteroatoms. The number of hydrogen-bond acceptors (Lipinski definition) is 6. The molecular weight excluding hydrogens is 234 g/mol. The quantitative estimate of drug-likeness (QED) is 0.598. The maximum Gasteiger partial charge on any atom is 0.179 e. The highest BCUT2D eigenvalue weighted by atomic mass is 16.6. The van der Waals surface area contributed by atoms with E-state index in [0.29, 0.717) is 35.7 Å². The fourth-order valence-corrected chi connectivity index (χ4v) is 1.54. The number of unbranched alkanes of at least 4 members (excludes halogenated alkanes) is 1. The summed E-state index contributed by atoms with van der Waals surface area (Å²) in [6, 6.07) is 3.48. The van der Waals surface area contributed by atoms with Crippen LogP contribution in [-0.2, 0) is 4.74 Å². The van der Waals surface area contributed by atoms with E-state index in [2.05, 4.69) is 21.9 Å². The van der Waals surface area contributed by atoms with Crippen LogP contribution in [0.2, 0.25) is 0 Å². The maximum absolute atomic E-state index is 5.74. The monoisotopic (exact) mass is 251 g/mol. The largest absolute Gasteiger partial charge is 0.489 e. The Balaban J connectivity index is 1.88. The lowest BCUT2D eigenvalue weighted by Crippen LogP contribution is -2.07. The molecule has 2 rings (SSSR count). The second-order valence-corrected chi connectivity index (χ2v) is 3.93. The molecule has 1 heterocycles. The van der Waals surface area contributed by atoms with Crippen molar-refractivity contribution in [2.75, 3.05) is 25.6 Å². The number of aromatic nitrogens is 2. The zero-order valence-electron chi connectivity index (χ0n) is 10.4. The summed E-state index contributed by atoms with van der Waals surface area (Å²) >= 11 is 0. The first kappa shape index (κ1) is 12.6. The van der Waals surface area contributed by atoms with Gasteiger partial charge in [-0.3, -0.25) is 0 Å². The lowest BCUT2D eigenvalue weighted by molar-refractivity contribution is 0.0984. The first-order valence-electron chi connectivity index (χ1n) is 6.04. The minimum absolute atomic E-state index is 0.468. The molecule has 0 saturated carbocycles. The third kappa shape index (κ3) is 2.89. The third-order valence-corrected chi connectivity index (χ3v) is 2.54. The van der Waals surface area contributed by atoms with Crippen molar-refractivity contribution in [1.82, 2.24) is 10.3 Å². The summed E-state index contributed by atoms with van der Waals surface area (Å²) in [4.78, 5) is 0. The van der Waals surface area contributed by atoms with Gasteiger partial charge in [-0.2, -0.15) is 0 Å². The molecule has 0 aliphatic heterocycles. The van der Waals surface area contributed by atoms with Gasteiger partial charge in [0.05, 0.1) is 12.3 Å². The maximum atomic E-state index is 5.74. The van der Waals surface area contributed by atoms with Crippen LogP contribution in [0.3, 0.4) is 0 Å². The Morgan fingerprint density at radius 1 is 1.17 bits per heavy atom. The number of anilines is 1. The Kier molecular flexibility index (Phi) is 4.35. The van der Waals surface area contributed by atoms with Crippen molar-refractivity contribution >= 4 is 16.7 Å². The molecule has 0 unspecified atom stereocenters. The Labute approximate surface area is 105 Å². The Morgan fingerprint density at radius 3 is 2.83 bits per heavy atom. The summed E-state index contributed by atoms with van der Waals surface area (Å²) in [6.07, 6.45) is 2.20. The topological polar surface area (TPSA) is 83.4 Å². The summed E-state index contributed by atoms with van der Waals surface area (Å²) in [5.74, 6) is 0.611. The molecule has 2 aromatic rings. The van der Waals surface area contributed by atoms with Gasteiger partial charge in [-0.25, -0.2) is 4.63 Å². The molecule has 0 atom stereocenters. The molecule has 0 bridgehead atoms. The van der Waals surface area contributed by atoms with Gasteiger partial charge < -0.3 is 15.2 Å².